The maximum absolute atomic E-state index is 13.6. The van der Waals surface area contributed by atoms with Gasteiger partial charge in [0.05, 0.1) is 11.3 Å². The molecule has 0 spiro atoms. The molecule has 0 radical (unpaired) electrons. The third kappa shape index (κ3) is 3.22. The van der Waals surface area contributed by atoms with E-state index in [1.807, 2.05) is 0 Å². The Morgan fingerprint density at radius 3 is 2.38 bits per heavy atom. The average Bonchev–Trinajstić information content (AvgIpc) is 2.43. The van der Waals surface area contributed by atoms with E-state index in [1.165, 1.54) is 18.2 Å². The first kappa shape index (κ1) is 14.6. The van der Waals surface area contributed by atoms with Crippen LogP contribution in [0.15, 0.2) is 36.4 Å². The molecule has 2 aromatic carbocycles. The maximum atomic E-state index is 13.6. The van der Waals surface area contributed by atoms with Gasteiger partial charge in [-0.2, -0.15) is 0 Å². The number of carbonyl (C=O) groups is 2. The molecule has 2 rings (SSSR count). The molecule has 0 aliphatic heterocycles. The summed E-state index contributed by atoms with van der Waals surface area (Å²) in [6, 6.07) is 7.31. The van der Waals surface area contributed by atoms with Crippen LogP contribution in [-0.2, 0) is 0 Å². The summed E-state index contributed by atoms with van der Waals surface area (Å²) in [5.41, 5.74) is 5.36. The number of nitrogens with one attached hydrogen (secondary N) is 1. The molecule has 3 N–H and O–H groups in total. The number of rotatable bonds is 3. The molecule has 0 unspecified atom stereocenters. The predicted octanol–water partition coefficient (Wildman–Crippen LogP) is 2.62. The smallest absolute Gasteiger partial charge is 0.258 e. The molecule has 0 aliphatic rings. The lowest BCUT2D eigenvalue weighted by Gasteiger charge is -2.09. The second kappa shape index (κ2) is 5.70. The number of halogens is 2. The normalized spacial score (nSPS) is 10.2. The predicted molar refractivity (Wildman–Crippen MR) is 74.0 cm³/mol. The number of nitrogens with two attached hydrogens (primary N) is 1. The molecular formula is C15H12F2N2O2. The number of carbonyl (C=O) groups excluding carboxylic acids is 2. The summed E-state index contributed by atoms with van der Waals surface area (Å²) < 4.78 is 27.2. The van der Waals surface area contributed by atoms with Gasteiger partial charge in [0, 0.05) is 5.56 Å². The second-order valence-electron chi connectivity index (χ2n) is 4.50. The van der Waals surface area contributed by atoms with Gasteiger partial charge in [0.15, 0.2) is 0 Å². The van der Waals surface area contributed by atoms with E-state index in [2.05, 4.69) is 5.32 Å². The number of aryl methyl sites for hydroxylation is 1. The van der Waals surface area contributed by atoms with Crippen molar-refractivity contribution >= 4 is 17.5 Å². The molecule has 0 fully saturated rings. The molecule has 2 aromatic rings. The van der Waals surface area contributed by atoms with Crippen molar-refractivity contribution in [2.45, 2.75) is 6.92 Å². The van der Waals surface area contributed by atoms with Crippen molar-refractivity contribution < 1.29 is 18.4 Å². The van der Waals surface area contributed by atoms with Crippen LogP contribution in [0.2, 0.25) is 0 Å². The summed E-state index contributed by atoms with van der Waals surface area (Å²) in [4.78, 5) is 23.0. The van der Waals surface area contributed by atoms with E-state index in [4.69, 9.17) is 5.73 Å². The first-order valence-corrected chi connectivity index (χ1v) is 6.05. The third-order valence-electron chi connectivity index (χ3n) is 2.87. The van der Waals surface area contributed by atoms with Crippen LogP contribution in [0, 0.1) is 18.6 Å². The molecule has 0 aliphatic carbocycles. The fourth-order valence-electron chi connectivity index (χ4n) is 1.78. The first-order valence-electron chi connectivity index (χ1n) is 6.05. The van der Waals surface area contributed by atoms with E-state index in [-0.39, 0.29) is 16.8 Å². The average molecular weight is 290 g/mol. The van der Waals surface area contributed by atoms with Gasteiger partial charge in [0.2, 0.25) is 5.91 Å². The van der Waals surface area contributed by atoms with Gasteiger partial charge in [-0.15, -0.1) is 0 Å². The van der Waals surface area contributed by atoms with Gasteiger partial charge in [0.25, 0.3) is 5.91 Å². The lowest BCUT2D eigenvalue weighted by Crippen LogP contribution is -2.16. The van der Waals surface area contributed by atoms with Gasteiger partial charge in [0.1, 0.15) is 11.6 Å². The number of benzene rings is 2. The number of anilines is 1. The Kier molecular flexibility index (Phi) is 3.98. The Bertz CT molecular complexity index is 730. The molecule has 0 bridgehead atoms. The van der Waals surface area contributed by atoms with E-state index in [0.717, 1.165) is 18.2 Å². The van der Waals surface area contributed by atoms with E-state index >= 15 is 0 Å². The number of amides is 2. The zero-order chi connectivity index (χ0) is 15.6. The molecule has 4 nitrogen and oxygen atoms in total. The molecule has 0 aromatic heterocycles. The van der Waals surface area contributed by atoms with E-state index in [1.54, 1.807) is 6.92 Å². The summed E-state index contributed by atoms with van der Waals surface area (Å²) in [5.74, 6) is -3.03. The van der Waals surface area contributed by atoms with Gasteiger partial charge in [-0.3, -0.25) is 9.59 Å². The van der Waals surface area contributed by atoms with E-state index in [9.17, 15) is 18.4 Å². The summed E-state index contributed by atoms with van der Waals surface area (Å²) in [6.07, 6.45) is 0. The van der Waals surface area contributed by atoms with Crippen LogP contribution in [0.25, 0.3) is 0 Å². The van der Waals surface area contributed by atoms with Crippen molar-refractivity contribution in [1.29, 1.82) is 0 Å². The van der Waals surface area contributed by atoms with Gasteiger partial charge in [-0.25, -0.2) is 8.78 Å². The Morgan fingerprint density at radius 2 is 1.71 bits per heavy atom. The molecule has 0 heterocycles. The summed E-state index contributed by atoms with van der Waals surface area (Å²) >= 11 is 0. The lowest BCUT2D eigenvalue weighted by molar-refractivity contribution is 0.0995. The monoisotopic (exact) mass is 290 g/mol. The quantitative estimate of drug-likeness (QED) is 0.912. The van der Waals surface area contributed by atoms with Crippen molar-refractivity contribution in [3.05, 3.63) is 64.7 Å². The number of hydrogen-bond donors (Lipinski definition) is 2. The first-order chi connectivity index (χ1) is 9.88. The van der Waals surface area contributed by atoms with E-state index < -0.39 is 23.4 Å². The molecule has 2 amide bonds. The molecule has 0 saturated carbocycles. The Labute approximate surface area is 119 Å². The molecule has 0 saturated heterocycles. The van der Waals surface area contributed by atoms with Crippen molar-refractivity contribution in [3.8, 4) is 0 Å². The highest BCUT2D eigenvalue weighted by Crippen LogP contribution is 2.18. The summed E-state index contributed by atoms with van der Waals surface area (Å²) in [6.45, 7) is 1.70. The van der Waals surface area contributed by atoms with Gasteiger partial charge < -0.3 is 11.1 Å². The molecule has 6 heteroatoms. The van der Waals surface area contributed by atoms with Crippen molar-refractivity contribution in [3.63, 3.8) is 0 Å². The minimum Gasteiger partial charge on any atom is -0.366 e. The fourth-order valence-corrected chi connectivity index (χ4v) is 1.78. The van der Waals surface area contributed by atoms with Crippen LogP contribution in [0.1, 0.15) is 26.3 Å². The highest BCUT2D eigenvalue weighted by Gasteiger charge is 2.15. The number of primary amides is 1. The van der Waals surface area contributed by atoms with Crippen LogP contribution in [0.5, 0.6) is 0 Å². The zero-order valence-electron chi connectivity index (χ0n) is 11.1. The van der Waals surface area contributed by atoms with Crippen LogP contribution < -0.4 is 11.1 Å². The topological polar surface area (TPSA) is 72.2 Å². The van der Waals surface area contributed by atoms with Crippen molar-refractivity contribution in [2.75, 3.05) is 5.32 Å². The van der Waals surface area contributed by atoms with Crippen LogP contribution in [-0.4, -0.2) is 11.8 Å². The van der Waals surface area contributed by atoms with Crippen molar-refractivity contribution in [1.82, 2.24) is 0 Å². The third-order valence-corrected chi connectivity index (χ3v) is 2.87. The SMILES string of the molecule is Cc1ccc(F)c(C(=O)Nc2cc(C(N)=O)ccc2F)c1. The highest BCUT2D eigenvalue weighted by molar-refractivity contribution is 6.05. The summed E-state index contributed by atoms with van der Waals surface area (Å²) in [5, 5.41) is 2.23. The molecular weight excluding hydrogens is 278 g/mol. The largest absolute Gasteiger partial charge is 0.366 e. The fraction of sp³-hybridized carbons (Fsp3) is 0.0667. The van der Waals surface area contributed by atoms with Gasteiger partial charge in [-0.05, 0) is 37.3 Å². The molecule has 0 atom stereocenters. The highest BCUT2D eigenvalue weighted by atomic mass is 19.1. The van der Waals surface area contributed by atoms with Crippen LogP contribution in [0.3, 0.4) is 0 Å². The van der Waals surface area contributed by atoms with Gasteiger partial charge >= 0.3 is 0 Å². The van der Waals surface area contributed by atoms with E-state index in [0.29, 0.717) is 5.56 Å². The Morgan fingerprint density at radius 1 is 1.05 bits per heavy atom. The molecule has 21 heavy (non-hydrogen) atoms. The lowest BCUT2D eigenvalue weighted by atomic mass is 10.1. The van der Waals surface area contributed by atoms with Crippen molar-refractivity contribution in [2.24, 2.45) is 5.73 Å². The Balaban J connectivity index is 2.33. The molecule has 108 valence electrons. The minimum absolute atomic E-state index is 0.0383. The van der Waals surface area contributed by atoms with Crippen LogP contribution >= 0.6 is 0 Å². The standard InChI is InChI=1S/C15H12F2N2O2/c1-8-2-4-11(16)10(6-8)15(21)19-13-7-9(14(18)20)3-5-12(13)17/h2-7H,1H3,(H2,18,20)(H,19,21). The van der Waals surface area contributed by atoms with Gasteiger partial charge in [-0.1, -0.05) is 11.6 Å². The second-order valence-corrected chi connectivity index (χ2v) is 4.50. The summed E-state index contributed by atoms with van der Waals surface area (Å²) in [7, 11) is 0. The maximum Gasteiger partial charge on any atom is 0.258 e. The van der Waals surface area contributed by atoms with Crippen LogP contribution in [0.4, 0.5) is 14.5 Å². The zero-order valence-corrected chi connectivity index (χ0v) is 11.1. The minimum atomic E-state index is -0.809. The number of hydrogen-bond acceptors (Lipinski definition) is 2. The Hall–Kier alpha value is -2.76.